The summed E-state index contributed by atoms with van der Waals surface area (Å²) in [4.78, 5) is 23.9. The standard InChI is InChI=1S/C21H24ClN3O/c22-18-7-3-6-17(12-18)20-14-23-13-19(24-20)15-8-10-25(11-9-15)21(26)16-4-1-2-5-16/h3,6-7,12-16H,1-2,4-5,8-11H2. The van der Waals surface area contributed by atoms with Crippen molar-refractivity contribution in [2.45, 2.75) is 44.4 Å². The quantitative estimate of drug-likeness (QED) is 0.788. The van der Waals surface area contributed by atoms with E-state index < -0.39 is 0 Å². The van der Waals surface area contributed by atoms with E-state index in [4.69, 9.17) is 16.6 Å². The normalized spacial score (nSPS) is 19.0. The number of nitrogens with zero attached hydrogens (tertiary/aromatic N) is 3. The molecule has 5 heteroatoms. The minimum Gasteiger partial charge on any atom is -0.342 e. The Morgan fingerprint density at radius 1 is 1.08 bits per heavy atom. The summed E-state index contributed by atoms with van der Waals surface area (Å²) in [5, 5.41) is 0.702. The number of hydrogen-bond acceptors (Lipinski definition) is 3. The Labute approximate surface area is 159 Å². The number of halogens is 1. The van der Waals surface area contributed by atoms with E-state index >= 15 is 0 Å². The van der Waals surface area contributed by atoms with Gasteiger partial charge in [0.2, 0.25) is 5.91 Å². The molecule has 1 aromatic carbocycles. The molecule has 0 N–H and O–H groups in total. The molecule has 0 spiro atoms. The molecule has 0 radical (unpaired) electrons. The van der Waals surface area contributed by atoms with Crippen LogP contribution in [0.3, 0.4) is 0 Å². The van der Waals surface area contributed by atoms with Crippen LogP contribution in [-0.4, -0.2) is 33.9 Å². The van der Waals surface area contributed by atoms with Crippen molar-refractivity contribution in [2.24, 2.45) is 5.92 Å². The molecule has 136 valence electrons. The molecule has 0 bridgehead atoms. The van der Waals surface area contributed by atoms with Gasteiger partial charge in [0.15, 0.2) is 0 Å². The van der Waals surface area contributed by atoms with Crippen molar-refractivity contribution in [1.29, 1.82) is 0 Å². The van der Waals surface area contributed by atoms with Crippen molar-refractivity contribution in [2.75, 3.05) is 13.1 Å². The predicted octanol–water partition coefficient (Wildman–Crippen LogP) is 4.69. The van der Waals surface area contributed by atoms with E-state index in [2.05, 4.69) is 9.88 Å². The topological polar surface area (TPSA) is 46.1 Å². The fraction of sp³-hybridized carbons (Fsp3) is 0.476. The molecule has 1 amide bonds. The number of rotatable bonds is 3. The fourth-order valence-corrected chi connectivity index (χ4v) is 4.38. The van der Waals surface area contributed by atoms with Crippen molar-refractivity contribution in [3.05, 3.63) is 47.4 Å². The van der Waals surface area contributed by atoms with Crippen LogP contribution in [0.4, 0.5) is 0 Å². The number of piperidine rings is 1. The average molecular weight is 370 g/mol. The van der Waals surface area contributed by atoms with E-state index in [9.17, 15) is 4.79 Å². The lowest BCUT2D eigenvalue weighted by molar-refractivity contribution is -0.136. The smallest absolute Gasteiger partial charge is 0.225 e. The van der Waals surface area contributed by atoms with Crippen molar-refractivity contribution >= 4 is 17.5 Å². The zero-order valence-corrected chi connectivity index (χ0v) is 15.7. The maximum atomic E-state index is 12.6. The molecule has 2 aliphatic rings. The Hall–Kier alpha value is -1.94. The molecule has 0 unspecified atom stereocenters. The maximum absolute atomic E-state index is 12.6. The predicted molar refractivity (Wildman–Crippen MR) is 103 cm³/mol. The molecule has 4 nitrogen and oxygen atoms in total. The van der Waals surface area contributed by atoms with Gasteiger partial charge in [-0.05, 0) is 37.8 Å². The first-order valence-corrected chi connectivity index (χ1v) is 9.95. The van der Waals surface area contributed by atoms with Gasteiger partial charge in [-0.2, -0.15) is 0 Å². The van der Waals surface area contributed by atoms with Crippen LogP contribution >= 0.6 is 11.6 Å². The van der Waals surface area contributed by atoms with Gasteiger partial charge in [0.1, 0.15) is 0 Å². The summed E-state index contributed by atoms with van der Waals surface area (Å²) in [6.45, 7) is 1.67. The third kappa shape index (κ3) is 3.75. The van der Waals surface area contributed by atoms with E-state index in [0.29, 0.717) is 16.8 Å². The van der Waals surface area contributed by atoms with Crippen LogP contribution in [0.5, 0.6) is 0 Å². The molecular formula is C21H24ClN3O. The Kier molecular flexibility index (Phi) is 5.21. The van der Waals surface area contributed by atoms with Gasteiger partial charge in [-0.15, -0.1) is 0 Å². The highest BCUT2D eigenvalue weighted by Gasteiger charge is 2.30. The summed E-state index contributed by atoms with van der Waals surface area (Å²) in [7, 11) is 0. The minimum atomic E-state index is 0.275. The molecule has 26 heavy (non-hydrogen) atoms. The number of likely N-dealkylation sites (tertiary alicyclic amines) is 1. The highest BCUT2D eigenvalue weighted by molar-refractivity contribution is 6.30. The van der Waals surface area contributed by atoms with Gasteiger partial charge in [-0.25, -0.2) is 4.98 Å². The van der Waals surface area contributed by atoms with Gasteiger partial charge >= 0.3 is 0 Å². The monoisotopic (exact) mass is 369 g/mol. The first kappa shape index (κ1) is 17.5. The molecule has 2 heterocycles. The number of carbonyl (C=O) groups excluding carboxylic acids is 1. The van der Waals surface area contributed by atoms with Gasteiger partial charge < -0.3 is 4.90 Å². The molecule has 1 aliphatic carbocycles. The Balaban J connectivity index is 1.43. The molecule has 1 aromatic heterocycles. The fourth-order valence-electron chi connectivity index (χ4n) is 4.19. The van der Waals surface area contributed by atoms with Crippen molar-refractivity contribution < 1.29 is 4.79 Å². The second-order valence-corrected chi connectivity index (χ2v) is 7.86. The Bertz CT molecular complexity index is 780. The third-order valence-electron chi connectivity index (χ3n) is 5.70. The van der Waals surface area contributed by atoms with Crippen LogP contribution in [0, 0.1) is 5.92 Å². The summed E-state index contributed by atoms with van der Waals surface area (Å²) in [6.07, 6.45) is 10.1. The number of carbonyl (C=O) groups is 1. The van der Waals surface area contributed by atoms with Gasteiger partial charge in [0, 0.05) is 41.7 Å². The Morgan fingerprint density at radius 3 is 2.58 bits per heavy atom. The lowest BCUT2D eigenvalue weighted by Gasteiger charge is -2.33. The van der Waals surface area contributed by atoms with Crippen LogP contribution in [0.2, 0.25) is 5.02 Å². The lowest BCUT2D eigenvalue weighted by atomic mass is 9.92. The summed E-state index contributed by atoms with van der Waals surface area (Å²) in [5.41, 5.74) is 2.87. The van der Waals surface area contributed by atoms with Gasteiger partial charge in [0.25, 0.3) is 0 Å². The lowest BCUT2D eigenvalue weighted by Crippen LogP contribution is -2.40. The number of aromatic nitrogens is 2. The molecule has 1 aliphatic heterocycles. The second kappa shape index (κ2) is 7.75. The van der Waals surface area contributed by atoms with Gasteiger partial charge in [0.05, 0.1) is 17.6 Å². The summed E-state index contributed by atoms with van der Waals surface area (Å²) in [6, 6.07) is 7.71. The van der Waals surface area contributed by atoms with Crippen molar-refractivity contribution in [3.63, 3.8) is 0 Å². The average Bonchev–Trinajstić information content (AvgIpc) is 3.22. The Morgan fingerprint density at radius 2 is 1.85 bits per heavy atom. The van der Waals surface area contributed by atoms with E-state index in [-0.39, 0.29) is 5.92 Å². The van der Waals surface area contributed by atoms with E-state index in [1.165, 1.54) is 12.8 Å². The van der Waals surface area contributed by atoms with Crippen LogP contribution in [0.15, 0.2) is 36.7 Å². The first-order chi connectivity index (χ1) is 12.7. The van der Waals surface area contributed by atoms with E-state index in [0.717, 1.165) is 55.7 Å². The maximum Gasteiger partial charge on any atom is 0.225 e. The third-order valence-corrected chi connectivity index (χ3v) is 5.94. The van der Waals surface area contributed by atoms with Crippen LogP contribution in [0.1, 0.15) is 50.1 Å². The number of benzene rings is 1. The summed E-state index contributed by atoms with van der Waals surface area (Å²) >= 11 is 6.10. The molecule has 1 saturated carbocycles. The van der Waals surface area contributed by atoms with Crippen LogP contribution < -0.4 is 0 Å². The summed E-state index contributed by atoms with van der Waals surface area (Å²) in [5.74, 6) is 1.02. The van der Waals surface area contributed by atoms with E-state index in [1.807, 2.05) is 30.5 Å². The SMILES string of the molecule is O=C(C1CCCC1)N1CCC(c2cncc(-c3cccc(Cl)c3)n2)CC1. The highest BCUT2D eigenvalue weighted by Crippen LogP contribution is 2.31. The van der Waals surface area contributed by atoms with Gasteiger partial charge in [-0.1, -0.05) is 36.6 Å². The molecule has 2 fully saturated rings. The number of hydrogen-bond donors (Lipinski definition) is 0. The summed E-state index contributed by atoms with van der Waals surface area (Å²) < 4.78 is 0. The van der Waals surface area contributed by atoms with Crippen molar-refractivity contribution in [1.82, 2.24) is 14.9 Å². The van der Waals surface area contributed by atoms with E-state index in [1.54, 1.807) is 6.20 Å². The molecule has 2 aromatic rings. The second-order valence-electron chi connectivity index (χ2n) is 7.42. The zero-order chi connectivity index (χ0) is 17.9. The zero-order valence-electron chi connectivity index (χ0n) is 14.9. The molecular weight excluding hydrogens is 346 g/mol. The largest absolute Gasteiger partial charge is 0.342 e. The van der Waals surface area contributed by atoms with Crippen molar-refractivity contribution in [3.8, 4) is 11.3 Å². The first-order valence-electron chi connectivity index (χ1n) is 9.57. The van der Waals surface area contributed by atoms with Crippen LogP contribution in [0.25, 0.3) is 11.3 Å². The highest BCUT2D eigenvalue weighted by atomic mass is 35.5. The molecule has 1 saturated heterocycles. The van der Waals surface area contributed by atoms with Crippen LogP contribution in [-0.2, 0) is 4.79 Å². The van der Waals surface area contributed by atoms with Gasteiger partial charge in [-0.3, -0.25) is 9.78 Å². The minimum absolute atomic E-state index is 0.275. The molecule has 4 rings (SSSR count). The molecule has 0 atom stereocenters. The number of amides is 1.